The molecule has 0 aliphatic carbocycles. The Morgan fingerprint density at radius 3 is 2.34 bits per heavy atom. The molecule has 0 bridgehead atoms. The fourth-order valence-electron chi connectivity index (χ4n) is 2.54. The lowest BCUT2D eigenvalue weighted by atomic mass is 10.1. The number of ether oxygens (including phenoxy) is 2. The van der Waals surface area contributed by atoms with Gasteiger partial charge in [0.2, 0.25) is 0 Å². The predicted molar refractivity (Wildman–Crippen MR) is 109 cm³/mol. The van der Waals surface area contributed by atoms with Gasteiger partial charge in [0.1, 0.15) is 11.8 Å². The van der Waals surface area contributed by atoms with Crippen LogP contribution in [-0.4, -0.2) is 40.1 Å². The SMILES string of the molecule is CCOc1ccc(NS(=O)(=O)c2cc(C(=O)N[C@@H](C)C(=O)OC)ccc2C)cc1. The van der Waals surface area contributed by atoms with Crippen molar-refractivity contribution in [3.8, 4) is 5.75 Å². The van der Waals surface area contributed by atoms with E-state index in [4.69, 9.17) is 4.74 Å². The third-order valence-corrected chi connectivity index (χ3v) is 5.58. The summed E-state index contributed by atoms with van der Waals surface area (Å²) in [5, 5.41) is 2.47. The van der Waals surface area contributed by atoms with E-state index in [1.165, 1.54) is 32.2 Å². The van der Waals surface area contributed by atoms with Gasteiger partial charge in [-0.05, 0) is 62.7 Å². The van der Waals surface area contributed by atoms with Crippen LogP contribution < -0.4 is 14.8 Å². The Bertz CT molecular complexity index is 987. The summed E-state index contributed by atoms with van der Waals surface area (Å²) in [7, 11) is -2.72. The Hall–Kier alpha value is -3.07. The van der Waals surface area contributed by atoms with Gasteiger partial charge in [0.15, 0.2) is 0 Å². The zero-order chi connectivity index (χ0) is 21.6. The molecule has 0 saturated heterocycles. The number of hydrogen-bond donors (Lipinski definition) is 2. The second kappa shape index (κ2) is 9.42. The molecule has 9 heteroatoms. The number of nitrogens with one attached hydrogen (secondary N) is 2. The summed E-state index contributed by atoms with van der Waals surface area (Å²) in [6, 6.07) is 9.92. The number of sulfonamides is 1. The predicted octanol–water partition coefficient (Wildman–Crippen LogP) is 2.49. The van der Waals surface area contributed by atoms with E-state index < -0.39 is 27.9 Å². The molecule has 0 heterocycles. The third-order valence-electron chi connectivity index (χ3n) is 4.06. The first kappa shape index (κ1) is 22.2. The summed E-state index contributed by atoms with van der Waals surface area (Å²) < 4.78 is 38.1. The maximum absolute atomic E-state index is 12.8. The lowest BCUT2D eigenvalue weighted by Gasteiger charge is -2.14. The number of amides is 1. The van der Waals surface area contributed by atoms with E-state index in [0.717, 1.165) is 0 Å². The van der Waals surface area contributed by atoms with Crippen molar-refractivity contribution in [2.45, 2.75) is 31.7 Å². The van der Waals surface area contributed by atoms with Crippen molar-refractivity contribution in [1.82, 2.24) is 5.32 Å². The first-order valence-electron chi connectivity index (χ1n) is 8.93. The normalized spacial score (nSPS) is 12.0. The molecule has 0 unspecified atom stereocenters. The van der Waals surface area contributed by atoms with Gasteiger partial charge < -0.3 is 14.8 Å². The van der Waals surface area contributed by atoms with E-state index >= 15 is 0 Å². The zero-order valence-corrected chi connectivity index (χ0v) is 17.5. The van der Waals surface area contributed by atoms with Gasteiger partial charge in [-0.2, -0.15) is 0 Å². The van der Waals surface area contributed by atoms with E-state index in [1.807, 2.05) is 6.92 Å². The number of carbonyl (C=O) groups is 2. The molecular weight excluding hydrogens is 396 g/mol. The van der Waals surface area contributed by atoms with Crippen LogP contribution in [0.25, 0.3) is 0 Å². The van der Waals surface area contributed by atoms with Gasteiger partial charge in [-0.25, -0.2) is 13.2 Å². The molecular formula is C20H24N2O6S. The van der Waals surface area contributed by atoms with Gasteiger partial charge in [0.25, 0.3) is 15.9 Å². The minimum atomic E-state index is -3.94. The first-order valence-corrected chi connectivity index (χ1v) is 10.4. The van der Waals surface area contributed by atoms with Crippen LogP contribution in [0.4, 0.5) is 5.69 Å². The van der Waals surface area contributed by atoms with Crippen LogP contribution in [0.1, 0.15) is 29.8 Å². The molecule has 29 heavy (non-hydrogen) atoms. The van der Waals surface area contributed by atoms with Gasteiger partial charge in [0, 0.05) is 11.3 Å². The summed E-state index contributed by atoms with van der Waals surface area (Å²) >= 11 is 0. The number of carbonyl (C=O) groups excluding carboxylic acids is 2. The molecule has 0 aliphatic rings. The average Bonchev–Trinajstić information content (AvgIpc) is 2.68. The van der Waals surface area contributed by atoms with E-state index in [9.17, 15) is 18.0 Å². The molecule has 0 aromatic heterocycles. The van der Waals surface area contributed by atoms with Crippen molar-refractivity contribution in [2.24, 2.45) is 0 Å². The summed E-state index contributed by atoms with van der Waals surface area (Å²) in [4.78, 5) is 23.8. The molecule has 0 fully saturated rings. The van der Waals surface area contributed by atoms with Crippen LogP contribution in [0, 0.1) is 6.92 Å². The second-order valence-corrected chi connectivity index (χ2v) is 7.91. The fraction of sp³-hybridized carbons (Fsp3) is 0.300. The number of hydrogen-bond acceptors (Lipinski definition) is 6. The highest BCUT2D eigenvalue weighted by Gasteiger charge is 2.21. The summed E-state index contributed by atoms with van der Waals surface area (Å²) in [5.41, 5.74) is 0.946. The highest BCUT2D eigenvalue weighted by Crippen LogP contribution is 2.22. The molecule has 1 atom stereocenters. The van der Waals surface area contributed by atoms with Gasteiger partial charge in [-0.1, -0.05) is 6.07 Å². The largest absolute Gasteiger partial charge is 0.494 e. The second-order valence-electron chi connectivity index (χ2n) is 6.26. The van der Waals surface area contributed by atoms with E-state index in [2.05, 4.69) is 14.8 Å². The van der Waals surface area contributed by atoms with Crippen molar-refractivity contribution < 1.29 is 27.5 Å². The van der Waals surface area contributed by atoms with Crippen molar-refractivity contribution in [3.63, 3.8) is 0 Å². The van der Waals surface area contributed by atoms with Crippen LogP contribution in [-0.2, 0) is 19.6 Å². The lowest BCUT2D eigenvalue weighted by Crippen LogP contribution is -2.39. The number of anilines is 1. The van der Waals surface area contributed by atoms with Crippen molar-refractivity contribution in [2.75, 3.05) is 18.4 Å². The Labute approximate surface area is 170 Å². The molecule has 2 aromatic carbocycles. The van der Waals surface area contributed by atoms with Crippen LogP contribution >= 0.6 is 0 Å². The number of methoxy groups -OCH3 is 1. The van der Waals surface area contributed by atoms with Crippen LogP contribution in [0.15, 0.2) is 47.4 Å². The van der Waals surface area contributed by atoms with Gasteiger partial charge >= 0.3 is 5.97 Å². The molecule has 2 aromatic rings. The summed E-state index contributed by atoms with van der Waals surface area (Å²) in [6.45, 7) is 5.47. The molecule has 8 nitrogen and oxygen atoms in total. The maximum atomic E-state index is 12.8. The maximum Gasteiger partial charge on any atom is 0.328 e. The van der Waals surface area contributed by atoms with Crippen LogP contribution in [0.3, 0.4) is 0 Å². The number of rotatable bonds is 8. The van der Waals surface area contributed by atoms with E-state index in [-0.39, 0.29) is 10.5 Å². The molecule has 0 radical (unpaired) electrons. The van der Waals surface area contributed by atoms with Crippen molar-refractivity contribution >= 4 is 27.6 Å². The standard InChI is InChI=1S/C20H24N2O6S/c1-5-28-17-10-8-16(9-11-17)22-29(25,26)18-12-15(7-6-13(18)2)19(23)21-14(3)20(24)27-4/h6-12,14,22H,5H2,1-4H3,(H,21,23)/t14-/m0/s1. The van der Waals surface area contributed by atoms with E-state index in [0.29, 0.717) is 23.6 Å². The summed E-state index contributed by atoms with van der Waals surface area (Å²) in [6.07, 6.45) is 0. The monoisotopic (exact) mass is 420 g/mol. The smallest absolute Gasteiger partial charge is 0.328 e. The highest BCUT2D eigenvalue weighted by molar-refractivity contribution is 7.92. The van der Waals surface area contributed by atoms with Crippen LogP contribution in [0.2, 0.25) is 0 Å². The number of esters is 1. The van der Waals surface area contributed by atoms with Crippen LogP contribution in [0.5, 0.6) is 5.75 Å². The molecule has 2 N–H and O–H groups in total. The molecule has 0 spiro atoms. The van der Waals surface area contributed by atoms with Gasteiger partial charge in [-0.3, -0.25) is 9.52 Å². The Balaban J connectivity index is 2.25. The minimum absolute atomic E-state index is 0.0373. The molecule has 156 valence electrons. The fourth-order valence-corrected chi connectivity index (χ4v) is 3.87. The van der Waals surface area contributed by atoms with Crippen molar-refractivity contribution in [1.29, 1.82) is 0 Å². The Morgan fingerprint density at radius 1 is 1.10 bits per heavy atom. The third kappa shape index (κ3) is 5.71. The topological polar surface area (TPSA) is 111 Å². The number of aryl methyl sites for hydroxylation is 1. The quantitative estimate of drug-likeness (QED) is 0.635. The van der Waals surface area contributed by atoms with Gasteiger partial charge in [-0.15, -0.1) is 0 Å². The molecule has 0 saturated carbocycles. The summed E-state index contributed by atoms with van der Waals surface area (Å²) in [5.74, 6) is -0.555. The van der Waals surface area contributed by atoms with Crippen molar-refractivity contribution in [3.05, 3.63) is 53.6 Å². The first-order chi connectivity index (χ1) is 13.7. The molecule has 1 amide bonds. The average molecular weight is 420 g/mol. The molecule has 2 rings (SSSR count). The van der Waals surface area contributed by atoms with E-state index in [1.54, 1.807) is 31.2 Å². The van der Waals surface area contributed by atoms with Gasteiger partial charge in [0.05, 0.1) is 18.6 Å². The Kier molecular flexibility index (Phi) is 7.22. The highest BCUT2D eigenvalue weighted by atomic mass is 32.2. The Morgan fingerprint density at radius 2 is 1.76 bits per heavy atom. The minimum Gasteiger partial charge on any atom is -0.494 e. The molecule has 0 aliphatic heterocycles. The lowest BCUT2D eigenvalue weighted by molar-refractivity contribution is -0.142. The zero-order valence-electron chi connectivity index (χ0n) is 16.7. The number of benzene rings is 2.